The standard InChI is InChI=1S/C21H20FN3O5/c1-21(9-14-4-7-16-17(8-14)30-12-29-16)19(27)25(20(28)24-21)11-18(26)23-10-13-2-5-15(22)6-3-13/h2-8H,9-12H2,1H3,(H,23,26)(H,24,28)/t21-/m1/s1. The van der Waals surface area contributed by atoms with E-state index in [0.29, 0.717) is 17.1 Å². The van der Waals surface area contributed by atoms with Crippen LogP contribution in [-0.4, -0.2) is 41.6 Å². The molecule has 30 heavy (non-hydrogen) atoms. The number of ether oxygens (including phenoxy) is 2. The summed E-state index contributed by atoms with van der Waals surface area (Å²) in [6, 6.07) is 10.4. The predicted molar refractivity (Wildman–Crippen MR) is 103 cm³/mol. The van der Waals surface area contributed by atoms with E-state index in [0.717, 1.165) is 10.5 Å². The molecular formula is C21H20FN3O5. The van der Waals surface area contributed by atoms with Crippen LogP contribution in [-0.2, 0) is 22.6 Å². The highest BCUT2D eigenvalue weighted by atomic mass is 19.1. The summed E-state index contributed by atoms with van der Waals surface area (Å²) in [6.45, 7) is 1.53. The third-order valence-electron chi connectivity index (χ3n) is 5.04. The molecule has 2 aliphatic rings. The number of fused-ring (bicyclic) bond motifs is 1. The maximum Gasteiger partial charge on any atom is 0.325 e. The molecule has 2 aromatic carbocycles. The van der Waals surface area contributed by atoms with Gasteiger partial charge in [-0.2, -0.15) is 0 Å². The molecule has 1 fully saturated rings. The molecule has 2 N–H and O–H groups in total. The van der Waals surface area contributed by atoms with E-state index < -0.39 is 29.9 Å². The second kappa shape index (κ2) is 7.66. The number of carbonyl (C=O) groups excluding carboxylic acids is 3. The van der Waals surface area contributed by atoms with Gasteiger partial charge in [0.1, 0.15) is 17.9 Å². The first-order chi connectivity index (χ1) is 14.3. The molecule has 0 radical (unpaired) electrons. The number of rotatable bonds is 6. The van der Waals surface area contributed by atoms with Gasteiger partial charge in [-0.3, -0.25) is 14.5 Å². The van der Waals surface area contributed by atoms with Crippen LogP contribution in [0.25, 0.3) is 0 Å². The van der Waals surface area contributed by atoms with Crippen molar-refractivity contribution in [1.82, 2.24) is 15.5 Å². The van der Waals surface area contributed by atoms with Crippen molar-refractivity contribution in [3.63, 3.8) is 0 Å². The molecule has 156 valence electrons. The molecule has 8 nitrogen and oxygen atoms in total. The number of nitrogens with zero attached hydrogens (tertiary/aromatic N) is 1. The molecule has 9 heteroatoms. The van der Waals surface area contributed by atoms with Gasteiger partial charge in [0.25, 0.3) is 5.91 Å². The molecule has 1 saturated heterocycles. The van der Waals surface area contributed by atoms with Gasteiger partial charge in [-0.25, -0.2) is 9.18 Å². The van der Waals surface area contributed by atoms with Crippen molar-refractivity contribution in [3.8, 4) is 11.5 Å². The van der Waals surface area contributed by atoms with Gasteiger partial charge in [-0.05, 0) is 42.3 Å². The van der Waals surface area contributed by atoms with Gasteiger partial charge in [0.05, 0.1) is 0 Å². The SMILES string of the molecule is C[C@]1(Cc2ccc3c(c2)OCO3)NC(=O)N(CC(=O)NCc2ccc(F)cc2)C1=O. The minimum absolute atomic E-state index is 0.145. The molecule has 4 rings (SSSR count). The third-order valence-corrected chi connectivity index (χ3v) is 5.04. The van der Waals surface area contributed by atoms with Gasteiger partial charge in [0.15, 0.2) is 11.5 Å². The van der Waals surface area contributed by atoms with E-state index in [2.05, 4.69) is 10.6 Å². The second-order valence-corrected chi connectivity index (χ2v) is 7.42. The Morgan fingerprint density at radius 3 is 2.60 bits per heavy atom. The lowest BCUT2D eigenvalue weighted by Crippen LogP contribution is -2.46. The highest BCUT2D eigenvalue weighted by Gasteiger charge is 2.48. The van der Waals surface area contributed by atoms with Crippen LogP contribution in [0.4, 0.5) is 9.18 Å². The number of halogens is 1. The van der Waals surface area contributed by atoms with Crippen LogP contribution >= 0.6 is 0 Å². The number of benzene rings is 2. The summed E-state index contributed by atoms with van der Waals surface area (Å²) in [4.78, 5) is 38.4. The molecule has 0 aliphatic carbocycles. The maximum atomic E-state index is 12.9. The van der Waals surface area contributed by atoms with Crippen molar-refractivity contribution in [2.24, 2.45) is 0 Å². The lowest BCUT2D eigenvalue weighted by Gasteiger charge is -2.22. The van der Waals surface area contributed by atoms with Crippen molar-refractivity contribution in [2.75, 3.05) is 13.3 Å². The predicted octanol–water partition coefficient (Wildman–Crippen LogP) is 1.72. The molecule has 2 heterocycles. The van der Waals surface area contributed by atoms with E-state index >= 15 is 0 Å². The first kappa shape index (κ1) is 19.7. The van der Waals surface area contributed by atoms with Crippen molar-refractivity contribution in [2.45, 2.75) is 25.4 Å². The molecule has 4 amide bonds. The quantitative estimate of drug-likeness (QED) is 0.703. The number of hydrogen-bond donors (Lipinski definition) is 2. The first-order valence-corrected chi connectivity index (χ1v) is 9.38. The number of imide groups is 1. The van der Waals surface area contributed by atoms with Crippen LogP contribution < -0.4 is 20.1 Å². The van der Waals surface area contributed by atoms with Crippen LogP contribution in [0, 0.1) is 5.82 Å². The lowest BCUT2D eigenvalue weighted by molar-refractivity contribution is -0.134. The third kappa shape index (κ3) is 3.91. The van der Waals surface area contributed by atoms with Crippen LogP contribution in [0.15, 0.2) is 42.5 Å². The van der Waals surface area contributed by atoms with Gasteiger partial charge in [0.2, 0.25) is 12.7 Å². The highest BCUT2D eigenvalue weighted by molar-refractivity contribution is 6.08. The zero-order valence-corrected chi connectivity index (χ0v) is 16.2. The Morgan fingerprint density at radius 1 is 1.13 bits per heavy atom. The Kier molecular flexibility index (Phi) is 5.03. The Labute approximate surface area is 171 Å². The zero-order chi connectivity index (χ0) is 21.3. The summed E-state index contributed by atoms with van der Waals surface area (Å²) in [5, 5.41) is 5.30. The average molecular weight is 413 g/mol. The number of carbonyl (C=O) groups is 3. The fraction of sp³-hybridized carbons (Fsp3) is 0.286. The Balaban J connectivity index is 1.38. The van der Waals surface area contributed by atoms with E-state index in [1.165, 1.54) is 12.1 Å². The van der Waals surface area contributed by atoms with Gasteiger partial charge in [-0.1, -0.05) is 18.2 Å². The van der Waals surface area contributed by atoms with Crippen LogP contribution in [0.1, 0.15) is 18.1 Å². The highest BCUT2D eigenvalue weighted by Crippen LogP contribution is 2.34. The Bertz CT molecular complexity index is 1010. The number of urea groups is 1. The number of amides is 4. The van der Waals surface area contributed by atoms with Crippen molar-refractivity contribution >= 4 is 17.8 Å². The van der Waals surface area contributed by atoms with E-state index in [1.807, 2.05) is 0 Å². The molecule has 0 saturated carbocycles. The molecule has 2 aromatic rings. The van der Waals surface area contributed by atoms with Gasteiger partial charge in [-0.15, -0.1) is 0 Å². The fourth-order valence-electron chi connectivity index (χ4n) is 3.47. The summed E-state index contributed by atoms with van der Waals surface area (Å²) in [5.41, 5.74) is 0.315. The zero-order valence-electron chi connectivity index (χ0n) is 16.2. The molecular weight excluding hydrogens is 393 g/mol. The van der Waals surface area contributed by atoms with Gasteiger partial charge >= 0.3 is 6.03 Å². The summed E-state index contributed by atoms with van der Waals surface area (Å²) >= 11 is 0. The van der Waals surface area contributed by atoms with E-state index in [9.17, 15) is 18.8 Å². The molecule has 1 atom stereocenters. The summed E-state index contributed by atoms with van der Waals surface area (Å²) in [6.07, 6.45) is 0.238. The monoisotopic (exact) mass is 413 g/mol. The van der Waals surface area contributed by atoms with E-state index in [-0.39, 0.29) is 25.6 Å². The number of nitrogens with one attached hydrogen (secondary N) is 2. The van der Waals surface area contributed by atoms with Crippen LogP contribution in [0.3, 0.4) is 0 Å². The lowest BCUT2D eigenvalue weighted by atomic mass is 9.92. The molecule has 0 unspecified atom stereocenters. The van der Waals surface area contributed by atoms with Crippen molar-refractivity contribution in [3.05, 3.63) is 59.4 Å². The largest absolute Gasteiger partial charge is 0.454 e. The summed E-state index contributed by atoms with van der Waals surface area (Å²) in [5.74, 6) is -0.126. The first-order valence-electron chi connectivity index (χ1n) is 9.38. The van der Waals surface area contributed by atoms with Crippen LogP contribution in [0.2, 0.25) is 0 Å². The summed E-state index contributed by atoms with van der Waals surface area (Å²) in [7, 11) is 0. The topological polar surface area (TPSA) is 97.0 Å². The van der Waals surface area contributed by atoms with Crippen molar-refractivity contribution in [1.29, 1.82) is 0 Å². The summed E-state index contributed by atoms with van der Waals surface area (Å²) < 4.78 is 23.6. The smallest absolute Gasteiger partial charge is 0.325 e. The molecule has 2 aliphatic heterocycles. The number of hydrogen-bond acceptors (Lipinski definition) is 5. The maximum absolute atomic E-state index is 12.9. The molecule has 0 bridgehead atoms. The van der Waals surface area contributed by atoms with Crippen molar-refractivity contribution < 1.29 is 28.2 Å². The second-order valence-electron chi connectivity index (χ2n) is 7.42. The normalized spacial score (nSPS) is 19.7. The minimum Gasteiger partial charge on any atom is -0.454 e. The molecule has 0 aromatic heterocycles. The van der Waals surface area contributed by atoms with E-state index in [1.54, 1.807) is 37.3 Å². The van der Waals surface area contributed by atoms with E-state index in [4.69, 9.17) is 9.47 Å². The minimum atomic E-state index is -1.18. The van der Waals surface area contributed by atoms with Gasteiger partial charge in [0, 0.05) is 13.0 Å². The van der Waals surface area contributed by atoms with Crippen LogP contribution in [0.5, 0.6) is 11.5 Å². The molecule has 0 spiro atoms. The Morgan fingerprint density at radius 2 is 1.83 bits per heavy atom. The van der Waals surface area contributed by atoms with Gasteiger partial charge < -0.3 is 20.1 Å². The Hall–Kier alpha value is -3.62. The average Bonchev–Trinajstić information content (AvgIpc) is 3.25. The fourth-order valence-corrected chi connectivity index (χ4v) is 3.47.